The van der Waals surface area contributed by atoms with Crippen LogP contribution in [0.2, 0.25) is 0 Å². The third-order valence-electron chi connectivity index (χ3n) is 3.38. The SMILES string of the molecule is CCCC(=O)Nc1ccc(O)c(C(C)N(C)CCN)c1. The molecule has 5 heteroatoms. The van der Waals surface area contributed by atoms with Gasteiger partial charge in [-0.2, -0.15) is 0 Å². The molecule has 112 valence electrons. The van der Waals surface area contributed by atoms with Gasteiger partial charge in [-0.1, -0.05) is 6.92 Å². The van der Waals surface area contributed by atoms with E-state index in [9.17, 15) is 9.90 Å². The van der Waals surface area contributed by atoms with Crippen molar-refractivity contribution in [2.24, 2.45) is 5.73 Å². The molecule has 0 spiro atoms. The van der Waals surface area contributed by atoms with Crippen LogP contribution >= 0.6 is 0 Å². The molecule has 1 atom stereocenters. The van der Waals surface area contributed by atoms with Crippen LogP contribution in [0.25, 0.3) is 0 Å². The van der Waals surface area contributed by atoms with Gasteiger partial charge in [0.05, 0.1) is 0 Å². The van der Waals surface area contributed by atoms with E-state index in [2.05, 4.69) is 10.2 Å². The van der Waals surface area contributed by atoms with E-state index in [1.54, 1.807) is 12.1 Å². The lowest BCUT2D eigenvalue weighted by molar-refractivity contribution is -0.116. The number of benzene rings is 1. The standard InChI is InChI=1S/C15H25N3O2/c1-4-5-15(20)17-12-6-7-14(19)13(10-12)11(2)18(3)9-8-16/h6-7,10-11,19H,4-5,8-9,16H2,1-3H3,(H,17,20). The highest BCUT2D eigenvalue weighted by Crippen LogP contribution is 2.30. The van der Waals surface area contributed by atoms with Gasteiger partial charge in [-0.3, -0.25) is 9.69 Å². The van der Waals surface area contributed by atoms with Gasteiger partial charge < -0.3 is 16.2 Å². The third kappa shape index (κ3) is 4.51. The number of nitrogens with two attached hydrogens (primary N) is 1. The predicted molar refractivity (Wildman–Crippen MR) is 81.7 cm³/mol. The second-order valence-corrected chi connectivity index (χ2v) is 5.02. The van der Waals surface area contributed by atoms with Gasteiger partial charge in [0.15, 0.2) is 0 Å². The first kappa shape index (κ1) is 16.5. The smallest absolute Gasteiger partial charge is 0.224 e. The normalized spacial score (nSPS) is 12.4. The highest BCUT2D eigenvalue weighted by molar-refractivity contribution is 5.90. The molecule has 0 aliphatic rings. The molecule has 1 aromatic carbocycles. The lowest BCUT2D eigenvalue weighted by Crippen LogP contribution is -2.28. The zero-order valence-electron chi connectivity index (χ0n) is 12.5. The van der Waals surface area contributed by atoms with Crippen LogP contribution in [0, 0.1) is 0 Å². The largest absolute Gasteiger partial charge is 0.508 e. The molecule has 0 fully saturated rings. The number of phenolic OH excluding ortho intramolecular Hbond substituents is 1. The number of amides is 1. The number of carbonyl (C=O) groups excluding carboxylic acids is 1. The first-order valence-electron chi connectivity index (χ1n) is 7.02. The van der Waals surface area contributed by atoms with Crippen molar-refractivity contribution >= 4 is 11.6 Å². The van der Waals surface area contributed by atoms with E-state index >= 15 is 0 Å². The molecule has 0 saturated carbocycles. The summed E-state index contributed by atoms with van der Waals surface area (Å²) in [5, 5.41) is 12.8. The van der Waals surface area contributed by atoms with Crippen LogP contribution < -0.4 is 11.1 Å². The van der Waals surface area contributed by atoms with Crippen molar-refractivity contribution in [1.29, 1.82) is 0 Å². The Bertz CT molecular complexity index is 449. The number of likely N-dealkylation sites (N-methyl/N-ethyl adjacent to an activating group) is 1. The van der Waals surface area contributed by atoms with Crippen molar-refractivity contribution in [3.63, 3.8) is 0 Å². The van der Waals surface area contributed by atoms with E-state index in [0.717, 1.165) is 18.5 Å². The van der Waals surface area contributed by atoms with Gasteiger partial charge in [0, 0.05) is 36.8 Å². The summed E-state index contributed by atoms with van der Waals surface area (Å²) in [7, 11) is 1.96. The number of carbonyl (C=O) groups is 1. The minimum Gasteiger partial charge on any atom is -0.508 e. The number of rotatable bonds is 7. The van der Waals surface area contributed by atoms with Crippen molar-refractivity contribution in [3.8, 4) is 5.75 Å². The van der Waals surface area contributed by atoms with Crippen LogP contribution in [0.15, 0.2) is 18.2 Å². The second-order valence-electron chi connectivity index (χ2n) is 5.02. The zero-order chi connectivity index (χ0) is 15.1. The fourth-order valence-corrected chi connectivity index (χ4v) is 2.05. The van der Waals surface area contributed by atoms with Crippen LogP contribution in [-0.4, -0.2) is 36.1 Å². The Morgan fingerprint density at radius 2 is 2.20 bits per heavy atom. The van der Waals surface area contributed by atoms with Crippen LogP contribution in [0.3, 0.4) is 0 Å². The molecule has 0 heterocycles. The molecular formula is C15H25N3O2. The molecule has 20 heavy (non-hydrogen) atoms. The molecule has 0 saturated heterocycles. The Labute approximate surface area is 120 Å². The highest BCUT2D eigenvalue weighted by Gasteiger charge is 2.15. The van der Waals surface area contributed by atoms with Crippen LogP contribution in [0.4, 0.5) is 5.69 Å². The van der Waals surface area contributed by atoms with Gasteiger partial charge in [-0.25, -0.2) is 0 Å². The summed E-state index contributed by atoms with van der Waals surface area (Å²) >= 11 is 0. The number of nitrogens with one attached hydrogen (secondary N) is 1. The van der Waals surface area contributed by atoms with Crippen LogP contribution in [0.1, 0.15) is 38.3 Å². The summed E-state index contributed by atoms with van der Waals surface area (Å²) in [5.41, 5.74) is 7.05. The average Bonchev–Trinajstić information content (AvgIpc) is 2.40. The minimum absolute atomic E-state index is 0.00731. The van der Waals surface area contributed by atoms with Crippen molar-refractivity contribution in [2.45, 2.75) is 32.7 Å². The van der Waals surface area contributed by atoms with Crippen molar-refractivity contribution < 1.29 is 9.90 Å². The van der Waals surface area contributed by atoms with Crippen molar-refractivity contribution in [1.82, 2.24) is 4.90 Å². The Kier molecular flexibility index (Phi) is 6.48. The Morgan fingerprint density at radius 1 is 1.50 bits per heavy atom. The van der Waals surface area contributed by atoms with E-state index in [4.69, 9.17) is 5.73 Å². The maximum absolute atomic E-state index is 11.6. The molecule has 4 N–H and O–H groups in total. The van der Waals surface area contributed by atoms with E-state index in [1.807, 2.05) is 27.0 Å². The van der Waals surface area contributed by atoms with Gasteiger partial charge in [0.25, 0.3) is 0 Å². The number of hydrogen-bond donors (Lipinski definition) is 3. The Morgan fingerprint density at radius 3 is 2.80 bits per heavy atom. The van der Waals surface area contributed by atoms with Crippen LogP contribution in [-0.2, 0) is 4.79 Å². The number of hydrogen-bond acceptors (Lipinski definition) is 4. The first-order valence-corrected chi connectivity index (χ1v) is 7.02. The quantitative estimate of drug-likeness (QED) is 0.668. The van der Waals surface area contributed by atoms with E-state index in [1.165, 1.54) is 0 Å². The molecule has 0 aliphatic carbocycles. The average molecular weight is 279 g/mol. The number of aromatic hydroxyl groups is 1. The summed E-state index contributed by atoms with van der Waals surface area (Å²) < 4.78 is 0. The van der Waals surface area contributed by atoms with E-state index in [0.29, 0.717) is 18.7 Å². The molecular weight excluding hydrogens is 254 g/mol. The molecule has 1 aromatic rings. The van der Waals surface area contributed by atoms with Gasteiger partial charge in [0.2, 0.25) is 5.91 Å². The van der Waals surface area contributed by atoms with E-state index in [-0.39, 0.29) is 17.7 Å². The summed E-state index contributed by atoms with van der Waals surface area (Å²) in [6.45, 7) is 5.27. The molecule has 0 radical (unpaired) electrons. The molecule has 5 nitrogen and oxygen atoms in total. The van der Waals surface area contributed by atoms with E-state index < -0.39 is 0 Å². The number of anilines is 1. The molecule has 1 rings (SSSR count). The summed E-state index contributed by atoms with van der Waals surface area (Å²) in [5.74, 6) is 0.224. The van der Waals surface area contributed by atoms with Gasteiger partial charge >= 0.3 is 0 Å². The van der Waals surface area contributed by atoms with Crippen molar-refractivity contribution in [2.75, 3.05) is 25.5 Å². The number of nitrogens with zero attached hydrogens (tertiary/aromatic N) is 1. The maximum Gasteiger partial charge on any atom is 0.224 e. The fourth-order valence-electron chi connectivity index (χ4n) is 2.05. The maximum atomic E-state index is 11.6. The number of phenols is 1. The summed E-state index contributed by atoms with van der Waals surface area (Å²) in [6.07, 6.45) is 1.31. The monoisotopic (exact) mass is 279 g/mol. The lowest BCUT2D eigenvalue weighted by atomic mass is 10.0. The highest BCUT2D eigenvalue weighted by atomic mass is 16.3. The summed E-state index contributed by atoms with van der Waals surface area (Å²) in [4.78, 5) is 13.7. The van der Waals surface area contributed by atoms with Crippen molar-refractivity contribution in [3.05, 3.63) is 23.8 Å². The predicted octanol–water partition coefficient (Wildman–Crippen LogP) is 2.08. The van der Waals surface area contributed by atoms with Gasteiger partial charge in [-0.05, 0) is 38.6 Å². The second kappa shape index (κ2) is 7.87. The molecule has 0 bridgehead atoms. The fraction of sp³-hybridized carbons (Fsp3) is 0.533. The zero-order valence-corrected chi connectivity index (χ0v) is 12.5. The third-order valence-corrected chi connectivity index (χ3v) is 3.38. The lowest BCUT2D eigenvalue weighted by Gasteiger charge is -2.25. The van der Waals surface area contributed by atoms with Crippen LogP contribution in [0.5, 0.6) is 5.75 Å². The van der Waals surface area contributed by atoms with Gasteiger partial charge in [-0.15, -0.1) is 0 Å². The molecule has 1 amide bonds. The Balaban J connectivity index is 2.88. The minimum atomic E-state index is -0.00731. The van der Waals surface area contributed by atoms with Gasteiger partial charge in [0.1, 0.15) is 5.75 Å². The molecule has 0 aromatic heterocycles. The first-order chi connectivity index (χ1) is 9.49. The Hall–Kier alpha value is -1.59. The molecule has 0 aliphatic heterocycles. The molecule has 1 unspecified atom stereocenters. The summed E-state index contributed by atoms with van der Waals surface area (Å²) in [6, 6.07) is 5.17. The topological polar surface area (TPSA) is 78.6 Å².